The lowest BCUT2D eigenvalue weighted by Gasteiger charge is -2.16. The smallest absolute Gasteiger partial charge is 0.119 e. The Morgan fingerprint density at radius 1 is 0.875 bits per heavy atom. The maximum atomic E-state index is 5.60. The summed E-state index contributed by atoms with van der Waals surface area (Å²) >= 11 is 0. The van der Waals surface area contributed by atoms with Crippen LogP contribution < -0.4 is 9.47 Å². The molecule has 0 aliphatic rings. The quantitative estimate of drug-likeness (QED) is 0.607. The molecule has 0 aliphatic carbocycles. The van der Waals surface area contributed by atoms with E-state index in [1.807, 2.05) is 32.1 Å². The second kappa shape index (κ2) is 8.39. The van der Waals surface area contributed by atoms with Gasteiger partial charge in [0, 0.05) is 0 Å². The SMILES string of the molecule is C=CC=C(c1ccc(OCC)cc1C)c1ccc(OCC)cc1C. The van der Waals surface area contributed by atoms with Crippen molar-refractivity contribution in [3.8, 4) is 11.5 Å². The summed E-state index contributed by atoms with van der Waals surface area (Å²) in [5.41, 5.74) is 5.90. The average Bonchev–Trinajstić information content (AvgIpc) is 2.55. The van der Waals surface area contributed by atoms with E-state index in [1.54, 1.807) is 0 Å². The zero-order valence-corrected chi connectivity index (χ0v) is 15.1. The molecule has 2 aromatic carbocycles. The van der Waals surface area contributed by atoms with Gasteiger partial charge in [0.15, 0.2) is 0 Å². The van der Waals surface area contributed by atoms with E-state index < -0.39 is 0 Å². The molecule has 0 unspecified atom stereocenters. The van der Waals surface area contributed by atoms with E-state index in [9.17, 15) is 0 Å². The lowest BCUT2D eigenvalue weighted by molar-refractivity contribution is 0.340. The molecule has 126 valence electrons. The maximum absolute atomic E-state index is 5.60. The summed E-state index contributed by atoms with van der Waals surface area (Å²) < 4.78 is 11.2. The third kappa shape index (κ3) is 4.08. The van der Waals surface area contributed by atoms with E-state index in [4.69, 9.17) is 9.47 Å². The van der Waals surface area contributed by atoms with Crippen LogP contribution in [-0.2, 0) is 0 Å². The van der Waals surface area contributed by atoms with Gasteiger partial charge in [-0.25, -0.2) is 0 Å². The van der Waals surface area contributed by atoms with Crippen molar-refractivity contribution in [2.45, 2.75) is 27.7 Å². The normalized spacial score (nSPS) is 10.2. The molecule has 2 heteroatoms. The van der Waals surface area contributed by atoms with Crippen LogP contribution in [-0.4, -0.2) is 13.2 Å². The molecule has 2 aromatic rings. The van der Waals surface area contributed by atoms with Gasteiger partial charge >= 0.3 is 0 Å². The maximum Gasteiger partial charge on any atom is 0.119 e. The van der Waals surface area contributed by atoms with Gasteiger partial charge < -0.3 is 9.47 Å². The Hall–Kier alpha value is -2.48. The molecule has 0 fully saturated rings. The fourth-order valence-electron chi connectivity index (χ4n) is 2.83. The van der Waals surface area contributed by atoms with Crippen molar-refractivity contribution in [2.75, 3.05) is 13.2 Å². The van der Waals surface area contributed by atoms with E-state index in [-0.39, 0.29) is 0 Å². The fraction of sp³-hybridized carbons (Fsp3) is 0.273. The van der Waals surface area contributed by atoms with Crippen LogP contribution >= 0.6 is 0 Å². The third-order valence-corrected chi connectivity index (χ3v) is 3.88. The number of ether oxygens (including phenoxy) is 2. The van der Waals surface area contributed by atoms with Crippen molar-refractivity contribution >= 4 is 5.57 Å². The van der Waals surface area contributed by atoms with E-state index in [0.29, 0.717) is 13.2 Å². The van der Waals surface area contributed by atoms with Crippen LogP contribution in [0.25, 0.3) is 5.57 Å². The predicted octanol–water partition coefficient (Wildman–Crippen LogP) is 5.72. The molecule has 0 heterocycles. The van der Waals surface area contributed by atoms with E-state index >= 15 is 0 Å². The summed E-state index contributed by atoms with van der Waals surface area (Å²) in [4.78, 5) is 0. The van der Waals surface area contributed by atoms with Crippen molar-refractivity contribution in [1.82, 2.24) is 0 Å². The van der Waals surface area contributed by atoms with Gasteiger partial charge in [-0.3, -0.25) is 0 Å². The van der Waals surface area contributed by atoms with Crippen LogP contribution in [0.15, 0.2) is 55.1 Å². The first kappa shape index (κ1) is 17.9. The third-order valence-electron chi connectivity index (χ3n) is 3.88. The van der Waals surface area contributed by atoms with Gasteiger partial charge in [0.2, 0.25) is 0 Å². The first-order valence-electron chi connectivity index (χ1n) is 8.41. The number of benzene rings is 2. The Morgan fingerprint density at radius 2 is 1.33 bits per heavy atom. The largest absolute Gasteiger partial charge is 0.494 e. The number of hydrogen-bond donors (Lipinski definition) is 0. The summed E-state index contributed by atoms with van der Waals surface area (Å²) in [5, 5.41) is 0. The number of allylic oxidation sites excluding steroid dienone is 2. The van der Waals surface area contributed by atoms with Gasteiger partial charge in [-0.05, 0) is 79.8 Å². The lowest BCUT2D eigenvalue weighted by atomic mass is 9.91. The molecule has 0 amide bonds. The highest BCUT2D eigenvalue weighted by molar-refractivity contribution is 5.84. The number of aryl methyl sites for hydroxylation is 2. The molecule has 2 nitrogen and oxygen atoms in total. The second-order valence-electron chi connectivity index (χ2n) is 5.64. The van der Waals surface area contributed by atoms with Crippen molar-refractivity contribution in [3.05, 3.63) is 77.4 Å². The highest BCUT2D eigenvalue weighted by atomic mass is 16.5. The minimum atomic E-state index is 0.673. The molecule has 0 N–H and O–H groups in total. The van der Waals surface area contributed by atoms with E-state index in [1.165, 1.54) is 22.3 Å². The molecule has 0 atom stereocenters. The van der Waals surface area contributed by atoms with Crippen molar-refractivity contribution in [2.24, 2.45) is 0 Å². The Bertz CT molecular complexity index is 684. The summed E-state index contributed by atoms with van der Waals surface area (Å²) in [5.74, 6) is 1.81. The molecule has 2 rings (SSSR count). The second-order valence-corrected chi connectivity index (χ2v) is 5.64. The van der Waals surface area contributed by atoms with Crippen LogP contribution in [0.1, 0.15) is 36.1 Å². The fourth-order valence-corrected chi connectivity index (χ4v) is 2.83. The standard InChI is InChI=1S/C22H26O2/c1-6-9-22(20-12-10-18(23-7-2)14-16(20)4)21-13-11-19(24-8-3)15-17(21)5/h6,9-15H,1,7-8H2,2-5H3. The highest BCUT2D eigenvalue weighted by Crippen LogP contribution is 2.32. The van der Waals surface area contributed by atoms with E-state index in [0.717, 1.165) is 17.1 Å². The number of hydrogen-bond acceptors (Lipinski definition) is 2. The predicted molar refractivity (Wildman–Crippen MR) is 102 cm³/mol. The molecule has 0 bridgehead atoms. The minimum Gasteiger partial charge on any atom is -0.494 e. The molecule has 0 aromatic heterocycles. The topological polar surface area (TPSA) is 18.5 Å². The molecule has 0 radical (unpaired) electrons. The van der Waals surface area contributed by atoms with Crippen LogP contribution in [0, 0.1) is 13.8 Å². The Labute approximate surface area is 145 Å². The Kier molecular flexibility index (Phi) is 6.25. The van der Waals surface area contributed by atoms with E-state index in [2.05, 4.69) is 50.8 Å². The van der Waals surface area contributed by atoms with Crippen LogP contribution in [0.2, 0.25) is 0 Å². The lowest BCUT2D eigenvalue weighted by Crippen LogP contribution is -1.98. The van der Waals surface area contributed by atoms with Gasteiger partial charge in [-0.2, -0.15) is 0 Å². The van der Waals surface area contributed by atoms with Crippen LogP contribution in [0.4, 0.5) is 0 Å². The van der Waals surface area contributed by atoms with Crippen LogP contribution in [0.3, 0.4) is 0 Å². The Balaban J connectivity index is 2.48. The minimum absolute atomic E-state index is 0.673. The molecule has 0 spiro atoms. The molecule has 24 heavy (non-hydrogen) atoms. The van der Waals surface area contributed by atoms with Gasteiger partial charge in [-0.15, -0.1) is 0 Å². The average molecular weight is 322 g/mol. The van der Waals surface area contributed by atoms with Gasteiger partial charge in [0.1, 0.15) is 11.5 Å². The van der Waals surface area contributed by atoms with Crippen molar-refractivity contribution < 1.29 is 9.47 Å². The van der Waals surface area contributed by atoms with Gasteiger partial charge in [-0.1, -0.05) is 30.9 Å². The number of rotatable bonds is 7. The summed E-state index contributed by atoms with van der Waals surface area (Å²) in [6.45, 7) is 13.4. The summed E-state index contributed by atoms with van der Waals surface area (Å²) in [6.07, 6.45) is 3.90. The van der Waals surface area contributed by atoms with Gasteiger partial charge in [0.25, 0.3) is 0 Å². The van der Waals surface area contributed by atoms with Crippen molar-refractivity contribution in [3.63, 3.8) is 0 Å². The first-order valence-corrected chi connectivity index (χ1v) is 8.41. The molecule has 0 saturated heterocycles. The molecular formula is C22H26O2. The molecular weight excluding hydrogens is 296 g/mol. The molecule has 0 saturated carbocycles. The zero-order valence-electron chi connectivity index (χ0n) is 15.1. The van der Waals surface area contributed by atoms with Crippen molar-refractivity contribution in [1.29, 1.82) is 0 Å². The monoisotopic (exact) mass is 322 g/mol. The first-order chi connectivity index (χ1) is 11.6. The Morgan fingerprint density at radius 3 is 1.67 bits per heavy atom. The van der Waals surface area contributed by atoms with Gasteiger partial charge in [0.05, 0.1) is 13.2 Å². The molecule has 0 aliphatic heterocycles. The summed E-state index contributed by atoms with van der Waals surface area (Å²) in [6, 6.07) is 12.4. The van der Waals surface area contributed by atoms with Crippen LogP contribution in [0.5, 0.6) is 11.5 Å². The zero-order chi connectivity index (χ0) is 17.5. The highest BCUT2D eigenvalue weighted by Gasteiger charge is 2.11. The summed E-state index contributed by atoms with van der Waals surface area (Å²) in [7, 11) is 0.